The minimum absolute atomic E-state index is 0. The van der Waals surface area contributed by atoms with E-state index in [2.05, 4.69) is 34.4 Å². The third-order valence-electron chi connectivity index (χ3n) is 4.62. The summed E-state index contributed by atoms with van der Waals surface area (Å²) in [6.07, 6.45) is 5.02. The molecule has 0 bridgehead atoms. The van der Waals surface area contributed by atoms with Crippen molar-refractivity contribution in [1.82, 2.24) is 15.5 Å². The van der Waals surface area contributed by atoms with Crippen molar-refractivity contribution in [3.8, 4) is 5.75 Å². The van der Waals surface area contributed by atoms with Crippen molar-refractivity contribution < 1.29 is 4.74 Å². The summed E-state index contributed by atoms with van der Waals surface area (Å²) in [5, 5.41) is 6.94. The molecule has 5 nitrogen and oxygen atoms in total. The molecule has 1 atom stereocenters. The third kappa shape index (κ3) is 8.58. The molecule has 1 fully saturated rings. The van der Waals surface area contributed by atoms with Crippen LogP contribution in [0.5, 0.6) is 5.75 Å². The number of guanidine groups is 1. The molecule has 0 aromatic heterocycles. The lowest BCUT2D eigenvalue weighted by atomic mass is 10.0. The molecule has 0 aliphatic carbocycles. The number of benzene rings is 1. The number of para-hydroxylation sites is 1. The average molecular weight is 474 g/mol. The molecular formula is C20H35IN4O. The van der Waals surface area contributed by atoms with Crippen LogP contribution in [0.4, 0.5) is 0 Å². The van der Waals surface area contributed by atoms with Crippen LogP contribution in [0.3, 0.4) is 0 Å². The topological polar surface area (TPSA) is 48.9 Å². The number of aliphatic imine (C=N–C) groups is 1. The van der Waals surface area contributed by atoms with Gasteiger partial charge in [0.25, 0.3) is 0 Å². The smallest absolute Gasteiger partial charge is 0.191 e. The molecule has 148 valence electrons. The van der Waals surface area contributed by atoms with E-state index in [0.717, 1.165) is 18.3 Å². The molecule has 0 amide bonds. The number of rotatable bonds is 8. The van der Waals surface area contributed by atoms with Crippen LogP contribution in [0.25, 0.3) is 0 Å². The highest BCUT2D eigenvalue weighted by molar-refractivity contribution is 14.0. The Morgan fingerprint density at radius 3 is 2.58 bits per heavy atom. The SMILES string of the molecule is CCCCN1CCC(NC(=NC)NCC(C)Oc2ccccc2)CC1.I. The zero-order valence-electron chi connectivity index (χ0n) is 16.4. The highest BCUT2D eigenvalue weighted by Gasteiger charge is 2.19. The van der Waals surface area contributed by atoms with Crippen molar-refractivity contribution in [3.63, 3.8) is 0 Å². The summed E-state index contributed by atoms with van der Waals surface area (Å²) in [5.41, 5.74) is 0. The quantitative estimate of drug-likeness (QED) is 0.344. The maximum absolute atomic E-state index is 5.90. The van der Waals surface area contributed by atoms with Gasteiger partial charge in [-0.25, -0.2) is 0 Å². The van der Waals surface area contributed by atoms with Gasteiger partial charge in [-0.2, -0.15) is 0 Å². The molecular weight excluding hydrogens is 439 g/mol. The van der Waals surface area contributed by atoms with Gasteiger partial charge >= 0.3 is 0 Å². The molecule has 1 heterocycles. The van der Waals surface area contributed by atoms with Crippen LogP contribution in [0.2, 0.25) is 0 Å². The summed E-state index contributed by atoms with van der Waals surface area (Å²) in [6, 6.07) is 10.4. The second-order valence-electron chi connectivity index (χ2n) is 6.81. The highest BCUT2D eigenvalue weighted by atomic mass is 127. The van der Waals surface area contributed by atoms with Crippen LogP contribution in [0.15, 0.2) is 35.3 Å². The predicted molar refractivity (Wildman–Crippen MR) is 121 cm³/mol. The summed E-state index contributed by atoms with van der Waals surface area (Å²) in [4.78, 5) is 6.93. The number of unbranched alkanes of at least 4 members (excludes halogenated alkanes) is 1. The molecule has 1 unspecified atom stereocenters. The number of hydrogen-bond acceptors (Lipinski definition) is 3. The Morgan fingerprint density at radius 1 is 1.27 bits per heavy atom. The molecule has 0 radical (unpaired) electrons. The van der Waals surface area contributed by atoms with Gasteiger partial charge in [-0.3, -0.25) is 4.99 Å². The Labute approximate surface area is 176 Å². The normalized spacial score (nSPS) is 17.3. The number of piperidine rings is 1. The van der Waals surface area contributed by atoms with Gasteiger partial charge in [-0.1, -0.05) is 31.5 Å². The zero-order valence-corrected chi connectivity index (χ0v) is 18.7. The summed E-state index contributed by atoms with van der Waals surface area (Å²) in [6.45, 7) is 8.66. The summed E-state index contributed by atoms with van der Waals surface area (Å²) in [7, 11) is 1.83. The fourth-order valence-corrected chi connectivity index (χ4v) is 3.08. The molecule has 1 aliphatic heterocycles. The predicted octanol–water partition coefficient (Wildman–Crippen LogP) is 3.50. The Hall–Kier alpha value is -1.02. The molecule has 2 N–H and O–H groups in total. The van der Waals surface area contributed by atoms with Gasteiger partial charge in [0.15, 0.2) is 5.96 Å². The van der Waals surface area contributed by atoms with Crippen LogP contribution in [0, 0.1) is 0 Å². The molecule has 6 heteroatoms. The average Bonchev–Trinajstić information content (AvgIpc) is 2.65. The molecule has 2 rings (SSSR count). The third-order valence-corrected chi connectivity index (χ3v) is 4.62. The van der Waals surface area contributed by atoms with E-state index < -0.39 is 0 Å². The first kappa shape index (κ1) is 23.0. The van der Waals surface area contributed by atoms with Crippen molar-refractivity contribution in [3.05, 3.63) is 30.3 Å². The van der Waals surface area contributed by atoms with Crippen molar-refractivity contribution in [2.24, 2.45) is 4.99 Å². The van der Waals surface area contributed by atoms with Crippen LogP contribution in [-0.4, -0.2) is 56.2 Å². The first-order valence-corrected chi connectivity index (χ1v) is 9.62. The van der Waals surface area contributed by atoms with E-state index in [-0.39, 0.29) is 30.1 Å². The Bertz CT molecular complexity index is 504. The second-order valence-corrected chi connectivity index (χ2v) is 6.81. The van der Waals surface area contributed by atoms with Crippen LogP contribution in [-0.2, 0) is 0 Å². The van der Waals surface area contributed by atoms with Crippen molar-refractivity contribution >= 4 is 29.9 Å². The van der Waals surface area contributed by atoms with Gasteiger partial charge in [0.1, 0.15) is 11.9 Å². The Morgan fingerprint density at radius 2 is 1.96 bits per heavy atom. The zero-order chi connectivity index (χ0) is 17.9. The van der Waals surface area contributed by atoms with Crippen LogP contribution >= 0.6 is 24.0 Å². The van der Waals surface area contributed by atoms with Crippen LogP contribution < -0.4 is 15.4 Å². The monoisotopic (exact) mass is 474 g/mol. The highest BCUT2D eigenvalue weighted by Crippen LogP contribution is 2.12. The van der Waals surface area contributed by atoms with Crippen molar-refractivity contribution in [2.45, 2.75) is 51.7 Å². The molecule has 1 saturated heterocycles. The molecule has 1 aromatic rings. The van der Waals surface area contributed by atoms with E-state index in [0.29, 0.717) is 6.04 Å². The summed E-state index contributed by atoms with van der Waals surface area (Å²) < 4.78 is 5.90. The van der Waals surface area contributed by atoms with Gasteiger partial charge in [0.2, 0.25) is 0 Å². The van der Waals surface area contributed by atoms with E-state index in [9.17, 15) is 0 Å². The Kier molecular flexibility index (Phi) is 11.7. The summed E-state index contributed by atoms with van der Waals surface area (Å²) >= 11 is 0. The van der Waals surface area contributed by atoms with Gasteiger partial charge in [-0.15, -0.1) is 24.0 Å². The number of hydrogen-bond donors (Lipinski definition) is 2. The fraction of sp³-hybridized carbons (Fsp3) is 0.650. The van der Waals surface area contributed by atoms with Crippen LogP contribution in [0.1, 0.15) is 39.5 Å². The largest absolute Gasteiger partial charge is 0.489 e. The van der Waals surface area contributed by atoms with Gasteiger partial charge in [0.05, 0.1) is 6.54 Å². The maximum Gasteiger partial charge on any atom is 0.191 e. The number of likely N-dealkylation sites (tertiary alicyclic amines) is 1. The van der Waals surface area contributed by atoms with E-state index in [1.54, 1.807) is 0 Å². The lowest BCUT2D eigenvalue weighted by molar-refractivity contribution is 0.202. The summed E-state index contributed by atoms with van der Waals surface area (Å²) in [5.74, 6) is 1.77. The fourth-order valence-electron chi connectivity index (χ4n) is 3.08. The second kappa shape index (κ2) is 13.2. The lowest BCUT2D eigenvalue weighted by Crippen LogP contribution is -2.50. The number of ether oxygens (including phenoxy) is 1. The molecule has 1 aliphatic rings. The molecule has 0 saturated carbocycles. The van der Waals surface area contributed by atoms with E-state index in [4.69, 9.17) is 4.74 Å². The van der Waals surface area contributed by atoms with Crippen molar-refractivity contribution in [2.75, 3.05) is 33.2 Å². The van der Waals surface area contributed by atoms with E-state index in [1.165, 1.54) is 45.3 Å². The Balaban J connectivity index is 0.00000338. The minimum Gasteiger partial charge on any atom is -0.489 e. The number of nitrogens with one attached hydrogen (secondary N) is 2. The van der Waals surface area contributed by atoms with Gasteiger partial charge in [0, 0.05) is 26.2 Å². The molecule has 0 spiro atoms. The lowest BCUT2D eigenvalue weighted by Gasteiger charge is -2.33. The van der Waals surface area contributed by atoms with E-state index in [1.807, 2.05) is 37.4 Å². The molecule has 1 aromatic carbocycles. The number of nitrogens with zero attached hydrogens (tertiary/aromatic N) is 2. The van der Waals surface area contributed by atoms with Crippen molar-refractivity contribution in [1.29, 1.82) is 0 Å². The van der Waals surface area contributed by atoms with Gasteiger partial charge in [-0.05, 0) is 44.9 Å². The number of halogens is 1. The first-order chi connectivity index (χ1) is 12.2. The van der Waals surface area contributed by atoms with Gasteiger partial charge < -0.3 is 20.3 Å². The van der Waals surface area contributed by atoms with E-state index >= 15 is 0 Å². The first-order valence-electron chi connectivity index (χ1n) is 9.62. The maximum atomic E-state index is 5.90. The standard InChI is InChI=1S/C20H34N4O.HI/c1-4-5-13-24-14-11-18(12-15-24)23-20(21-3)22-16-17(2)25-19-9-7-6-8-10-19;/h6-10,17-18H,4-5,11-16H2,1-3H3,(H2,21,22,23);1H. The molecule has 26 heavy (non-hydrogen) atoms. The minimum atomic E-state index is 0.